The Labute approximate surface area is 110 Å². The Morgan fingerprint density at radius 3 is 2.89 bits per heavy atom. The molecule has 1 fully saturated rings. The summed E-state index contributed by atoms with van der Waals surface area (Å²) in [6, 6.07) is 2.75. The Morgan fingerprint density at radius 2 is 2.21 bits per heavy atom. The van der Waals surface area contributed by atoms with Gasteiger partial charge in [-0.25, -0.2) is 13.6 Å². The highest BCUT2D eigenvalue weighted by molar-refractivity contribution is 5.89. The molecule has 1 aromatic carbocycles. The van der Waals surface area contributed by atoms with E-state index in [0.29, 0.717) is 0 Å². The number of carbonyl (C=O) groups excluding carboxylic acids is 1. The minimum Gasteiger partial charge on any atom is -0.334 e. The minimum atomic E-state index is -0.787. The van der Waals surface area contributed by atoms with Crippen LogP contribution >= 0.6 is 0 Å². The first-order valence-electron chi connectivity index (χ1n) is 6.32. The number of urea groups is 1. The highest BCUT2D eigenvalue weighted by atomic mass is 19.1. The third-order valence-electron chi connectivity index (χ3n) is 3.26. The zero-order valence-electron chi connectivity index (χ0n) is 10.7. The molecule has 0 aliphatic carbocycles. The number of rotatable bonds is 2. The largest absolute Gasteiger partial charge is 0.334 e. The van der Waals surface area contributed by atoms with Crippen molar-refractivity contribution in [3.63, 3.8) is 0 Å². The normalized spacial score (nSPS) is 22.9. The van der Waals surface area contributed by atoms with Gasteiger partial charge in [-0.05, 0) is 38.4 Å². The van der Waals surface area contributed by atoms with E-state index < -0.39 is 17.7 Å². The molecule has 0 spiro atoms. The standard InChI is InChI=1S/C13H17F2N3O/c1-8-11(3-2-6-16-8)17-13(19)18-12-5-4-9(14)7-10(12)15/h4-5,7-8,11,16H,2-3,6H2,1H3,(H2,17,18,19). The Hall–Kier alpha value is -1.69. The predicted molar refractivity (Wildman–Crippen MR) is 69.0 cm³/mol. The van der Waals surface area contributed by atoms with Gasteiger partial charge in [0.1, 0.15) is 11.6 Å². The van der Waals surface area contributed by atoms with Gasteiger partial charge in [0.15, 0.2) is 0 Å². The number of benzene rings is 1. The lowest BCUT2D eigenvalue weighted by Gasteiger charge is -2.30. The second-order valence-corrected chi connectivity index (χ2v) is 4.71. The molecule has 0 aromatic heterocycles. The van der Waals surface area contributed by atoms with E-state index in [1.807, 2.05) is 6.92 Å². The maximum atomic E-state index is 13.4. The van der Waals surface area contributed by atoms with Crippen molar-refractivity contribution in [2.75, 3.05) is 11.9 Å². The summed E-state index contributed by atoms with van der Waals surface area (Å²) in [7, 11) is 0. The molecule has 1 aromatic rings. The minimum absolute atomic E-state index is 0.0114. The van der Waals surface area contributed by atoms with Crippen LogP contribution in [0.3, 0.4) is 0 Å². The predicted octanol–water partition coefficient (Wildman–Crippen LogP) is 2.23. The number of piperidine rings is 1. The molecule has 2 amide bonds. The average molecular weight is 269 g/mol. The van der Waals surface area contributed by atoms with Crippen molar-refractivity contribution in [3.05, 3.63) is 29.8 Å². The molecular formula is C13H17F2N3O. The Bertz CT molecular complexity index is 467. The van der Waals surface area contributed by atoms with Gasteiger partial charge in [0.05, 0.1) is 5.69 Å². The molecule has 0 radical (unpaired) electrons. The van der Waals surface area contributed by atoms with Crippen LogP contribution < -0.4 is 16.0 Å². The first-order valence-corrected chi connectivity index (χ1v) is 6.32. The van der Waals surface area contributed by atoms with Gasteiger partial charge in [-0.15, -0.1) is 0 Å². The van der Waals surface area contributed by atoms with E-state index in [2.05, 4.69) is 16.0 Å². The smallest absolute Gasteiger partial charge is 0.319 e. The first-order chi connectivity index (χ1) is 9.06. The molecule has 2 unspecified atom stereocenters. The summed E-state index contributed by atoms with van der Waals surface area (Å²) in [6.45, 7) is 2.93. The molecule has 1 aliphatic heterocycles. The molecular weight excluding hydrogens is 252 g/mol. The molecule has 1 aliphatic rings. The van der Waals surface area contributed by atoms with E-state index in [0.717, 1.165) is 31.5 Å². The number of carbonyl (C=O) groups is 1. The van der Waals surface area contributed by atoms with E-state index >= 15 is 0 Å². The summed E-state index contributed by atoms with van der Waals surface area (Å²) < 4.78 is 26.1. The molecule has 1 heterocycles. The zero-order valence-corrected chi connectivity index (χ0v) is 10.7. The lowest BCUT2D eigenvalue weighted by atomic mass is 10.0. The molecule has 0 saturated carbocycles. The number of hydrogen-bond acceptors (Lipinski definition) is 2. The number of anilines is 1. The van der Waals surface area contributed by atoms with Crippen molar-refractivity contribution < 1.29 is 13.6 Å². The van der Waals surface area contributed by atoms with Crippen molar-refractivity contribution in [3.8, 4) is 0 Å². The fourth-order valence-corrected chi connectivity index (χ4v) is 2.16. The van der Waals surface area contributed by atoms with Crippen molar-refractivity contribution in [2.24, 2.45) is 0 Å². The van der Waals surface area contributed by atoms with Crippen molar-refractivity contribution in [1.82, 2.24) is 10.6 Å². The van der Waals surface area contributed by atoms with Crippen LogP contribution in [0.1, 0.15) is 19.8 Å². The van der Waals surface area contributed by atoms with Gasteiger partial charge in [-0.1, -0.05) is 0 Å². The molecule has 19 heavy (non-hydrogen) atoms. The van der Waals surface area contributed by atoms with Crippen molar-refractivity contribution in [1.29, 1.82) is 0 Å². The van der Waals surface area contributed by atoms with Crippen LogP contribution in [0.25, 0.3) is 0 Å². The van der Waals surface area contributed by atoms with Crippen LogP contribution in [-0.2, 0) is 0 Å². The van der Waals surface area contributed by atoms with Crippen molar-refractivity contribution >= 4 is 11.7 Å². The molecule has 104 valence electrons. The molecule has 3 N–H and O–H groups in total. The maximum absolute atomic E-state index is 13.4. The SMILES string of the molecule is CC1NCCCC1NC(=O)Nc1ccc(F)cc1F. The molecule has 0 bridgehead atoms. The van der Waals surface area contributed by atoms with Gasteiger partial charge in [0.25, 0.3) is 0 Å². The average Bonchev–Trinajstić information content (AvgIpc) is 2.36. The highest BCUT2D eigenvalue weighted by Gasteiger charge is 2.22. The summed E-state index contributed by atoms with van der Waals surface area (Å²) in [4.78, 5) is 11.8. The lowest BCUT2D eigenvalue weighted by Crippen LogP contribution is -2.52. The second-order valence-electron chi connectivity index (χ2n) is 4.71. The van der Waals surface area contributed by atoms with E-state index in [1.54, 1.807) is 0 Å². The van der Waals surface area contributed by atoms with Gasteiger partial charge >= 0.3 is 6.03 Å². The van der Waals surface area contributed by atoms with Crippen LogP contribution in [0.2, 0.25) is 0 Å². The number of nitrogens with one attached hydrogen (secondary N) is 3. The van der Waals surface area contributed by atoms with Crippen LogP contribution in [-0.4, -0.2) is 24.7 Å². The lowest BCUT2D eigenvalue weighted by molar-refractivity contribution is 0.239. The van der Waals surface area contributed by atoms with Gasteiger partial charge in [0, 0.05) is 18.2 Å². The van der Waals surface area contributed by atoms with E-state index in [1.165, 1.54) is 6.07 Å². The summed E-state index contributed by atoms with van der Waals surface area (Å²) in [5.74, 6) is -1.46. The number of hydrogen-bond donors (Lipinski definition) is 3. The topological polar surface area (TPSA) is 53.2 Å². The maximum Gasteiger partial charge on any atom is 0.319 e. The summed E-state index contributed by atoms with van der Waals surface area (Å²) in [5, 5.41) is 8.43. The third kappa shape index (κ3) is 3.64. The van der Waals surface area contributed by atoms with Crippen LogP contribution in [0.5, 0.6) is 0 Å². The summed E-state index contributed by atoms with van der Waals surface area (Å²) in [6.07, 6.45) is 1.87. The Kier molecular flexibility index (Phi) is 4.31. The zero-order chi connectivity index (χ0) is 13.8. The summed E-state index contributed by atoms with van der Waals surface area (Å²) >= 11 is 0. The number of amides is 2. The van der Waals surface area contributed by atoms with Gasteiger partial charge < -0.3 is 16.0 Å². The van der Waals surface area contributed by atoms with Gasteiger partial charge in [0.2, 0.25) is 0 Å². The Balaban J connectivity index is 1.93. The second kappa shape index (κ2) is 5.97. The van der Waals surface area contributed by atoms with Gasteiger partial charge in [-0.2, -0.15) is 0 Å². The highest BCUT2D eigenvalue weighted by Crippen LogP contribution is 2.15. The Morgan fingerprint density at radius 1 is 1.42 bits per heavy atom. The fraction of sp³-hybridized carbons (Fsp3) is 0.462. The van der Waals surface area contributed by atoms with Crippen LogP contribution in [0, 0.1) is 11.6 Å². The van der Waals surface area contributed by atoms with Crippen LogP contribution in [0.4, 0.5) is 19.3 Å². The van der Waals surface area contributed by atoms with E-state index in [-0.39, 0.29) is 17.8 Å². The third-order valence-corrected chi connectivity index (χ3v) is 3.26. The fourth-order valence-electron chi connectivity index (χ4n) is 2.16. The van der Waals surface area contributed by atoms with Crippen LogP contribution in [0.15, 0.2) is 18.2 Å². The monoisotopic (exact) mass is 269 g/mol. The van der Waals surface area contributed by atoms with Gasteiger partial charge in [-0.3, -0.25) is 0 Å². The summed E-state index contributed by atoms with van der Waals surface area (Å²) in [5.41, 5.74) is -0.0321. The molecule has 2 atom stereocenters. The molecule has 1 saturated heterocycles. The first kappa shape index (κ1) is 13.7. The molecule has 2 rings (SSSR count). The molecule has 6 heteroatoms. The molecule has 4 nitrogen and oxygen atoms in total. The van der Waals surface area contributed by atoms with E-state index in [4.69, 9.17) is 0 Å². The number of halogens is 2. The quantitative estimate of drug-likeness (QED) is 0.771. The van der Waals surface area contributed by atoms with Crippen molar-refractivity contribution in [2.45, 2.75) is 31.8 Å². The van der Waals surface area contributed by atoms with E-state index in [9.17, 15) is 13.6 Å².